The molecule has 2 rings (SSSR count). The first-order valence-electron chi connectivity index (χ1n) is 6.34. The van der Waals surface area contributed by atoms with E-state index in [2.05, 4.69) is 15.3 Å². The highest BCUT2D eigenvalue weighted by Crippen LogP contribution is 2.31. The maximum absolute atomic E-state index is 10.6. The summed E-state index contributed by atoms with van der Waals surface area (Å²) in [6.45, 7) is 0.479. The maximum atomic E-state index is 10.6. The lowest BCUT2D eigenvalue weighted by atomic mass is 9.86. The molecule has 1 heterocycles. The summed E-state index contributed by atoms with van der Waals surface area (Å²) in [5, 5.41) is 11.6. The summed E-state index contributed by atoms with van der Waals surface area (Å²) in [5.74, 6) is 0.663. The average molecular weight is 320 g/mol. The molecular weight excluding hydrogens is 305 g/mol. The summed E-state index contributed by atoms with van der Waals surface area (Å²) in [6, 6.07) is 0.0379. The summed E-state index contributed by atoms with van der Waals surface area (Å²) < 4.78 is 5.60. The van der Waals surface area contributed by atoms with E-state index >= 15 is 0 Å². The molecule has 0 atom stereocenters. The lowest BCUT2D eigenvalue weighted by Crippen LogP contribution is -2.37. The Hall–Kier alpha value is -1.27. The molecule has 0 unspecified atom stereocenters. The van der Waals surface area contributed by atoms with Crippen molar-refractivity contribution >= 4 is 29.3 Å². The molecular formula is C12H15Cl2N3O3. The van der Waals surface area contributed by atoms with Gasteiger partial charge in [-0.15, -0.1) is 0 Å². The van der Waals surface area contributed by atoms with Gasteiger partial charge in [-0.3, -0.25) is 0 Å². The minimum absolute atomic E-state index is 0.0379. The minimum atomic E-state index is -0.968. The van der Waals surface area contributed by atoms with Gasteiger partial charge < -0.3 is 15.2 Å². The van der Waals surface area contributed by atoms with E-state index in [1.165, 1.54) is 6.33 Å². The molecule has 1 fully saturated rings. The second kappa shape index (κ2) is 6.95. The van der Waals surface area contributed by atoms with Gasteiger partial charge in [0.1, 0.15) is 6.33 Å². The van der Waals surface area contributed by atoms with E-state index in [-0.39, 0.29) is 16.3 Å². The van der Waals surface area contributed by atoms with Crippen LogP contribution in [0.1, 0.15) is 25.7 Å². The number of amides is 1. The van der Waals surface area contributed by atoms with Crippen molar-refractivity contribution in [2.24, 2.45) is 5.92 Å². The number of rotatable bonds is 4. The molecule has 1 aliphatic carbocycles. The summed E-state index contributed by atoms with van der Waals surface area (Å²) >= 11 is 11.8. The Morgan fingerprint density at radius 3 is 2.45 bits per heavy atom. The Labute approximate surface area is 126 Å². The molecule has 1 aliphatic rings. The van der Waals surface area contributed by atoms with E-state index < -0.39 is 6.09 Å². The molecule has 1 aromatic rings. The zero-order valence-corrected chi connectivity index (χ0v) is 12.2. The van der Waals surface area contributed by atoms with Crippen LogP contribution in [-0.2, 0) is 0 Å². The third kappa shape index (κ3) is 4.11. The monoisotopic (exact) mass is 319 g/mol. The van der Waals surface area contributed by atoms with Gasteiger partial charge in [0.05, 0.1) is 6.61 Å². The summed E-state index contributed by atoms with van der Waals surface area (Å²) in [6.07, 6.45) is 3.73. The molecule has 20 heavy (non-hydrogen) atoms. The van der Waals surface area contributed by atoms with Crippen LogP contribution in [0.15, 0.2) is 6.33 Å². The maximum Gasteiger partial charge on any atom is 0.404 e. The van der Waals surface area contributed by atoms with E-state index in [0.717, 1.165) is 25.7 Å². The topological polar surface area (TPSA) is 84.3 Å². The van der Waals surface area contributed by atoms with E-state index in [4.69, 9.17) is 33.0 Å². The smallest absolute Gasteiger partial charge is 0.404 e. The van der Waals surface area contributed by atoms with Crippen LogP contribution in [0.5, 0.6) is 5.75 Å². The predicted octanol–water partition coefficient (Wildman–Crippen LogP) is 2.99. The Bertz CT molecular complexity index is 459. The highest BCUT2D eigenvalue weighted by atomic mass is 35.5. The quantitative estimate of drug-likeness (QED) is 0.833. The first-order valence-corrected chi connectivity index (χ1v) is 7.10. The summed E-state index contributed by atoms with van der Waals surface area (Å²) in [5.41, 5.74) is 0. The molecule has 2 N–H and O–H groups in total. The highest BCUT2D eigenvalue weighted by molar-refractivity contribution is 6.35. The van der Waals surface area contributed by atoms with Gasteiger partial charge in [-0.1, -0.05) is 23.2 Å². The number of hydrogen-bond acceptors (Lipinski definition) is 4. The van der Waals surface area contributed by atoms with Crippen molar-refractivity contribution in [3.63, 3.8) is 0 Å². The zero-order valence-electron chi connectivity index (χ0n) is 10.7. The number of nitrogens with zero attached hydrogens (tertiary/aromatic N) is 2. The summed E-state index contributed by atoms with van der Waals surface area (Å²) in [7, 11) is 0. The van der Waals surface area contributed by atoms with Crippen LogP contribution in [-0.4, -0.2) is 33.8 Å². The van der Waals surface area contributed by atoms with Crippen molar-refractivity contribution < 1.29 is 14.6 Å². The predicted molar refractivity (Wildman–Crippen MR) is 74.5 cm³/mol. The second-order valence-corrected chi connectivity index (χ2v) is 5.48. The van der Waals surface area contributed by atoms with Crippen LogP contribution in [0.4, 0.5) is 4.79 Å². The molecule has 0 radical (unpaired) electrons. The fraction of sp³-hybridized carbons (Fsp3) is 0.583. The van der Waals surface area contributed by atoms with Crippen molar-refractivity contribution in [2.75, 3.05) is 6.61 Å². The highest BCUT2D eigenvalue weighted by Gasteiger charge is 2.23. The fourth-order valence-corrected chi connectivity index (χ4v) is 2.72. The normalized spacial score (nSPS) is 22.3. The third-order valence-corrected chi connectivity index (χ3v) is 3.89. The van der Waals surface area contributed by atoms with Gasteiger partial charge in [0.25, 0.3) is 0 Å². The molecule has 1 amide bonds. The molecule has 0 aliphatic heterocycles. The Kier molecular flexibility index (Phi) is 5.25. The van der Waals surface area contributed by atoms with Crippen LogP contribution < -0.4 is 10.1 Å². The Morgan fingerprint density at radius 2 is 1.90 bits per heavy atom. The van der Waals surface area contributed by atoms with Crippen molar-refractivity contribution in [3.05, 3.63) is 16.6 Å². The lowest BCUT2D eigenvalue weighted by molar-refractivity contribution is 0.169. The van der Waals surface area contributed by atoms with Gasteiger partial charge in [-0.2, -0.15) is 0 Å². The summed E-state index contributed by atoms with van der Waals surface area (Å²) in [4.78, 5) is 18.2. The number of carbonyl (C=O) groups is 1. The van der Waals surface area contributed by atoms with Gasteiger partial charge in [0, 0.05) is 6.04 Å². The van der Waals surface area contributed by atoms with Crippen LogP contribution in [0, 0.1) is 5.92 Å². The Morgan fingerprint density at radius 1 is 1.30 bits per heavy atom. The minimum Gasteiger partial charge on any atom is -0.487 e. The van der Waals surface area contributed by atoms with Crippen LogP contribution >= 0.6 is 23.2 Å². The first-order chi connectivity index (χ1) is 9.56. The van der Waals surface area contributed by atoms with Crippen molar-refractivity contribution in [3.8, 4) is 5.75 Å². The number of hydrogen-bond donors (Lipinski definition) is 2. The number of carboxylic acid groups (broad SMARTS) is 1. The molecule has 0 spiro atoms. The molecule has 8 heteroatoms. The number of aromatic nitrogens is 2. The lowest BCUT2D eigenvalue weighted by Gasteiger charge is -2.28. The van der Waals surface area contributed by atoms with Gasteiger partial charge in [-0.25, -0.2) is 14.8 Å². The number of nitrogens with one attached hydrogen (secondary N) is 1. The van der Waals surface area contributed by atoms with Crippen molar-refractivity contribution in [2.45, 2.75) is 31.7 Å². The van der Waals surface area contributed by atoms with Crippen LogP contribution in [0.2, 0.25) is 10.3 Å². The largest absolute Gasteiger partial charge is 0.487 e. The molecule has 1 saturated carbocycles. The van der Waals surface area contributed by atoms with E-state index in [9.17, 15) is 4.79 Å². The molecule has 110 valence electrons. The van der Waals surface area contributed by atoms with Crippen molar-refractivity contribution in [1.29, 1.82) is 0 Å². The van der Waals surface area contributed by atoms with E-state index in [0.29, 0.717) is 18.3 Å². The SMILES string of the molecule is O=C(O)NC1CCC(COc2c(Cl)ncnc2Cl)CC1. The van der Waals surface area contributed by atoms with Gasteiger partial charge in [-0.05, 0) is 31.6 Å². The second-order valence-electron chi connectivity index (χ2n) is 4.76. The van der Waals surface area contributed by atoms with Gasteiger partial charge >= 0.3 is 6.09 Å². The number of halogens is 2. The molecule has 0 bridgehead atoms. The standard InChI is InChI=1S/C12H15Cl2N3O3/c13-10-9(11(14)16-6-15-10)20-5-7-1-3-8(4-2-7)17-12(18)19/h6-8,17H,1-5H2,(H,18,19). The van der Waals surface area contributed by atoms with Crippen molar-refractivity contribution in [1.82, 2.24) is 15.3 Å². The van der Waals surface area contributed by atoms with E-state index in [1.54, 1.807) is 0 Å². The van der Waals surface area contributed by atoms with Gasteiger partial charge in [0.15, 0.2) is 16.1 Å². The molecule has 1 aromatic heterocycles. The number of ether oxygens (including phenoxy) is 1. The first kappa shape index (κ1) is 15.1. The van der Waals surface area contributed by atoms with Gasteiger partial charge in [0.2, 0.25) is 0 Å². The van der Waals surface area contributed by atoms with Crippen LogP contribution in [0.3, 0.4) is 0 Å². The molecule has 0 aromatic carbocycles. The zero-order chi connectivity index (χ0) is 14.5. The Balaban J connectivity index is 1.80. The average Bonchev–Trinajstić information content (AvgIpc) is 2.39. The van der Waals surface area contributed by atoms with Crippen LogP contribution in [0.25, 0.3) is 0 Å². The fourth-order valence-electron chi connectivity index (χ4n) is 2.30. The molecule has 0 saturated heterocycles. The third-order valence-electron chi connectivity index (χ3n) is 3.35. The van der Waals surface area contributed by atoms with E-state index in [1.807, 2.05) is 0 Å². The molecule has 6 nitrogen and oxygen atoms in total.